The van der Waals surface area contributed by atoms with Crippen molar-refractivity contribution in [2.45, 2.75) is 21.5 Å². The first-order valence-electron chi connectivity index (χ1n) is 9.35. The van der Waals surface area contributed by atoms with E-state index >= 15 is 0 Å². The molecule has 2 atom stereocenters. The lowest BCUT2D eigenvalue weighted by molar-refractivity contribution is 0.594. The van der Waals surface area contributed by atoms with E-state index in [1.807, 2.05) is 6.07 Å². The van der Waals surface area contributed by atoms with Crippen molar-refractivity contribution in [3.8, 4) is 11.1 Å². The number of nitrogens with two attached hydrogens (primary N) is 3. The second kappa shape index (κ2) is 8.36. The number of primary sulfonamides is 1. The van der Waals surface area contributed by atoms with Crippen molar-refractivity contribution in [3.63, 3.8) is 0 Å². The van der Waals surface area contributed by atoms with Crippen LogP contribution in [0.1, 0.15) is 12.0 Å². The molecule has 1 aliphatic rings. The summed E-state index contributed by atoms with van der Waals surface area (Å²) in [4.78, 5) is -0.245. The third-order valence-electron chi connectivity index (χ3n) is 5.15. The van der Waals surface area contributed by atoms with Crippen molar-refractivity contribution in [2.75, 3.05) is 13.1 Å². The van der Waals surface area contributed by atoms with E-state index in [4.69, 9.17) is 16.7 Å². The SMILES string of the molecule is NN/N=C(\N)c1c(-c2cccc3cn[nH]c23)ccc(S(=O)C2CCNC2)c1S(N)(=O)=O. The molecule has 2 heterocycles. The second-order valence-corrected chi connectivity index (χ2v) is 10.2. The van der Waals surface area contributed by atoms with E-state index in [1.165, 1.54) is 6.07 Å². The van der Waals surface area contributed by atoms with Crippen molar-refractivity contribution in [3.05, 3.63) is 42.1 Å². The predicted octanol–water partition coefficient (Wildman–Crippen LogP) is -0.570. The van der Waals surface area contributed by atoms with Gasteiger partial charge in [0, 0.05) is 23.1 Å². The Balaban J connectivity index is 2.06. The minimum absolute atomic E-state index is 0.0272. The number of aromatic nitrogens is 2. The van der Waals surface area contributed by atoms with Crippen LogP contribution in [0.4, 0.5) is 0 Å². The highest BCUT2D eigenvalue weighted by Gasteiger charge is 2.32. The maximum absolute atomic E-state index is 13.3. The highest BCUT2D eigenvalue weighted by molar-refractivity contribution is 7.91. The van der Waals surface area contributed by atoms with Crippen molar-refractivity contribution in [2.24, 2.45) is 21.8 Å². The number of aromatic amines is 1. The molecule has 1 aliphatic heterocycles. The third kappa shape index (κ3) is 3.93. The zero-order chi connectivity index (χ0) is 22.2. The van der Waals surface area contributed by atoms with Gasteiger partial charge in [-0.3, -0.25) is 9.31 Å². The predicted molar refractivity (Wildman–Crippen MR) is 119 cm³/mol. The molecule has 0 amide bonds. The molecule has 11 nitrogen and oxygen atoms in total. The Morgan fingerprint density at radius 3 is 2.74 bits per heavy atom. The molecule has 1 saturated heterocycles. The molecule has 164 valence electrons. The lowest BCUT2D eigenvalue weighted by Gasteiger charge is -2.19. The van der Waals surface area contributed by atoms with Gasteiger partial charge in [0.2, 0.25) is 10.0 Å². The number of hydrazine groups is 1. The quantitative estimate of drug-likeness (QED) is 0.121. The summed E-state index contributed by atoms with van der Waals surface area (Å²) in [6.07, 6.45) is 2.30. The highest BCUT2D eigenvalue weighted by atomic mass is 32.2. The third-order valence-corrected chi connectivity index (χ3v) is 8.05. The average molecular weight is 463 g/mol. The lowest BCUT2D eigenvalue weighted by Crippen LogP contribution is -2.29. The number of sulfonamides is 1. The van der Waals surface area contributed by atoms with E-state index in [0.717, 1.165) is 5.39 Å². The van der Waals surface area contributed by atoms with Crippen molar-refractivity contribution in [1.29, 1.82) is 0 Å². The minimum atomic E-state index is -4.34. The van der Waals surface area contributed by atoms with Crippen molar-refractivity contribution < 1.29 is 12.6 Å². The Hall–Kier alpha value is -2.84. The van der Waals surface area contributed by atoms with Crippen LogP contribution in [0.15, 0.2) is 51.4 Å². The summed E-state index contributed by atoms with van der Waals surface area (Å²) in [7, 11) is -5.98. The first-order chi connectivity index (χ1) is 14.8. The molecule has 0 aliphatic carbocycles. The highest BCUT2D eigenvalue weighted by Crippen LogP contribution is 2.36. The van der Waals surface area contributed by atoms with Crippen LogP contribution in [0.25, 0.3) is 22.0 Å². The summed E-state index contributed by atoms with van der Waals surface area (Å²) < 4.78 is 38.8. The van der Waals surface area contributed by atoms with E-state index in [2.05, 4.69) is 26.2 Å². The summed E-state index contributed by atoms with van der Waals surface area (Å²) in [6.45, 7) is 1.21. The zero-order valence-corrected chi connectivity index (χ0v) is 18.0. The van der Waals surface area contributed by atoms with E-state index in [9.17, 15) is 12.6 Å². The molecule has 31 heavy (non-hydrogen) atoms. The largest absolute Gasteiger partial charge is 0.382 e. The van der Waals surface area contributed by atoms with Gasteiger partial charge in [0.05, 0.1) is 32.7 Å². The number of fused-ring (bicyclic) bond motifs is 1. The number of H-pyrrole nitrogens is 1. The summed E-state index contributed by atoms with van der Waals surface area (Å²) in [5.74, 6) is 5.10. The van der Waals surface area contributed by atoms with Gasteiger partial charge in [0.1, 0.15) is 4.90 Å². The fraction of sp³-hybridized carbons (Fsp3) is 0.222. The van der Waals surface area contributed by atoms with Gasteiger partial charge in [-0.1, -0.05) is 24.3 Å². The van der Waals surface area contributed by atoms with Crippen LogP contribution in [-0.2, 0) is 20.8 Å². The Bertz CT molecular complexity index is 1300. The number of hydrazone groups is 1. The number of benzene rings is 2. The number of rotatable bonds is 6. The Morgan fingerprint density at radius 1 is 1.26 bits per heavy atom. The summed E-state index contributed by atoms with van der Waals surface area (Å²) in [5, 5.41) is 20.1. The molecule has 0 spiro atoms. The van der Waals surface area contributed by atoms with Crippen LogP contribution in [0.2, 0.25) is 0 Å². The van der Waals surface area contributed by atoms with E-state index < -0.39 is 20.8 Å². The zero-order valence-electron chi connectivity index (χ0n) is 16.3. The van der Waals surface area contributed by atoms with Crippen molar-refractivity contribution >= 4 is 37.6 Å². The molecule has 0 saturated carbocycles. The molecule has 2 aromatic carbocycles. The average Bonchev–Trinajstić information content (AvgIpc) is 3.43. The standard InChI is InChI=1S/C18H22N8O3S2/c19-18(25-26-20)15-12(13-3-1-2-10-8-23-24-16(10)13)4-5-14(17(15)31(21,28)29)30(27)11-6-7-22-9-11/h1-5,8,11,22,26H,6-7,9,20H2,(H2,19,25)(H,23,24)(H2,21,28,29). The number of hydrogen-bond acceptors (Lipinski definition) is 8. The van der Waals surface area contributed by atoms with Gasteiger partial charge in [-0.15, -0.1) is 5.10 Å². The maximum Gasteiger partial charge on any atom is 0.240 e. The lowest BCUT2D eigenvalue weighted by atomic mass is 9.97. The van der Waals surface area contributed by atoms with E-state index in [-0.39, 0.29) is 26.4 Å². The fourth-order valence-corrected chi connectivity index (χ4v) is 6.68. The maximum atomic E-state index is 13.3. The number of hydrogen-bond donors (Lipinski definition) is 6. The molecular formula is C18H22N8O3S2. The molecule has 1 fully saturated rings. The smallest absolute Gasteiger partial charge is 0.240 e. The number of para-hydroxylation sites is 1. The molecular weight excluding hydrogens is 440 g/mol. The number of nitrogens with one attached hydrogen (secondary N) is 3. The molecule has 2 unspecified atom stereocenters. The van der Waals surface area contributed by atoms with Gasteiger partial charge in [-0.2, -0.15) is 5.10 Å². The molecule has 0 bridgehead atoms. The van der Waals surface area contributed by atoms with Gasteiger partial charge in [0.15, 0.2) is 5.84 Å². The minimum Gasteiger partial charge on any atom is -0.382 e. The Kier molecular flexibility index (Phi) is 5.77. The Morgan fingerprint density at radius 2 is 2.06 bits per heavy atom. The topological polar surface area (TPSA) is 194 Å². The van der Waals surface area contributed by atoms with Crippen LogP contribution >= 0.6 is 0 Å². The van der Waals surface area contributed by atoms with Crippen molar-refractivity contribution in [1.82, 2.24) is 21.0 Å². The summed E-state index contributed by atoms with van der Waals surface area (Å²) in [6, 6.07) is 8.63. The summed E-state index contributed by atoms with van der Waals surface area (Å²) >= 11 is 0. The first kappa shape index (κ1) is 21.4. The van der Waals surface area contributed by atoms with Gasteiger partial charge >= 0.3 is 0 Å². The van der Waals surface area contributed by atoms with Gasteiger partial charge < -0.3 is 11.1 Å². The normalized spacial score (nSPS) is 18.4. The van der Waals surface area contributed by atoms with Crippen LogP contribution in [0, 0.1) is 0 Å². The van der Waals surface area contributed by atoms with Crippen LogP contribution in [-0.4, -0.2) is 47.0 Å². The summed E-state index contributed by atoms with van der Waals surface area (Å²) in [5.41, 5.74) is 9.97. The van der Waals surface area contributed by atoms with Gasteiger partial charge in [-0.25, -0.2) is 24.9 Å². The van der Waals surface area contributed by atoms with Crippen LogP contribution < -0.4 is 27.6 Å². The van der Waals surface area contributed by atoms with Gasteiger partial charge in [-0.05, 0) is 24.6 Å². The van der Waals surface area contributed by atoms with Crippen LogP contribution in [0.3, 0.4) is 0 Å². The first-order valence-corrected chi connectivity index (χ1v) is 12.1. The molecule has 4 rings (SSSR count). The fourth-order valence-electron chi connectivity index (χ4n) is 3.79. The van der Waals surface area contributed by atoms with E-state index in [1.54, 1.807) is 24.4 Å². The molecule has 0 radical (unpaired) electrons. The number of nitrogens with zero attached hydrogens (tertiary/aromatic N) is 2. The molecule has 9 N–H and O–H groups in total. The molecule has 1 aromatic heterocycles. The number of amidine groups is 1. The van der Waals surface area contributed by atoms with Crippen LogP contribution in [0.5, 0.6) is 0 Å². The molecule has 13 heteroatoms. The molecule has 3 aromatic rings. The second-order valence-electron chi connectivity index (χ2n) is 7.04. The van der Waals surface area contributed by atoms with Gasteiger partial charge in [0.25, 0.3) is 0 Å². The Labute approximate surface area is 180 Å². The van der Waals surface area contributed by atoms with E-state index in [0.29, 0.717) is 36.2 Å². The monoisotopic (exact) mass is 462 g/mol.